The van der Waals surface area contributed by atoms with E-state index in [1.807, 2.05) is 6.92 Å². The van der Waals surface area contributed by atoms with Crippen LogP contribution in [0, 0.1) is 19.3 Å². The van der Waals surface area contributed by atoms with E-state index in [9.17, 15) is 10.2 Å². The largest absolute Gasteiger partial charge is 0.396 e. The van der Waals surface area contributed by atoms with E-state index in [-0.39, 0.29) is 6.61 Å². The van der Waals surface area contributed by atoms with Gasteiger partial charge in [0.25, 0.3) is 0 Å². The van der Waals surface area contributed by atoms with Gasteiger partial charge in [-0.25, -0.2) is 4.98 Å². The molecule has 0 saturated carbocycles. The Kier molecular flexibility index (Phi) is 6.55. The Labute approximate surface area is 162 Å². The molecular formula is C20H34N4O3. The van der Waals surface area contributed by atoms with Crippen LogP contribution in [0.15, 0.2) is 0 Å². The number of aryl methyl sites for hydroxylation is 1. The van der Waals surface area contributed by atoms with Gasteiger partial charge in [0.05, 0.1) is 12.7 Å². The summed E-state index contributed by atoms with van der Waals surface area (Å²) >= 11 is 0. The van der Waals surface area contributed by atoms with Gasteiger partial charge in [-0.3, -0.25) is 0 Å². The highest BCUT2D eigenvalue weighted by atomic mass is 16.5. The molecule has 2 saturated heterocycles. The molecule has 3 rings (SSSR count). The zero-order chi connectivity index (χ0) is 19.4. The van der Waals surface area contributed by atoms with Crippen LogP contribution in [0.3, 0.4) is 0 Å². The average molecular weight is 379 g/mol. The van der Waals surface area contributed by atoms with Gasteiger partial charge in [-0.15, -0.1) is 0 Å². The standard InChI is InChI=1S/C20H34N4O3/c1-15-16(2)21-19(23-9-4-5-10-23)22-18(15)24-11-7-17(26)20(13-24,14-25)8-6-12-27-3/h17,25-26H,4-14H2,1-3H3/t17-,20+/m1/s1. The van der Waals surface area contributed by atoms with Crippen molar-refractivity contribution in [3.63, 3.8) is 0 Å². The van der Waals surface area contributed by atoms with E-state index in [0.29, 0.717) is 19.6 Å². The Morgan fingerprint density at radius 2 is 1.89 bits per heavy atom. The summed E-state index contributed by atoms with van der Waals surface area (Å²) in [7, 11) is 1.68. The van der Waals surface area contributed by atoms with Crippen molar-refractivity contribution in [2.45, 2.75) is 52.1 Å². The Morgan fingerprint density at radius 3 is 2.56 bits per heavy atom. The first-order chi connectivity index (χ1) is 13.0. The normalized spacial score (nSPS) is 26.0. The minimum atomic E-state index is -0.532. The number of ether oxygens (including phenoxy) is 1. The van der Waals surface area contributed by atoms with Crippen molar-refractivity contribution in [1.29, 1.82) is 0 Å². The molecule has 3 heterocycles. The SMILES string of the molecule is COCCC[C@@]1(CO)CN(c2nc(N3CCCC3)nc(C)c2C)CC[C@H]1O. The number of hydrogen-bond acceptors (Lipinski definition) is 7. The molecule has 1 aromatic heterocycles. The minimum Gasteiger partial charge on any atom is -0.396 e. The van der Waals surface area contributed by atoms with Crippen molar-refractivity contribution in [2.24, 2.45) is 5.41 Å². The van der Waals surface area contributed by atoms with Crippen molar-refractivity contribution >= 4 is 11.8 Å². The summed E-state index contributed by atoms with van der Waals surface area (Å²) in [6.45, 7) is 8.08. The van der Waals surface area contributed by atoms with Gasteiger partial charge in [-0.1, -0.05) is 0 Å². The molecule has 0 spiro atoms. The van der Waals surface area contributed by atoms with Gasteiger partial charge in [-0.2, -0.15) is 4.98 Å². The molecule has 0 aromatic carbocycles. The highest BCUT2D eigenvalue weighted by molar-refractivity contribution is 5.53. The smallest absolute Gasteiger partial charge is 0.227 e. The lowest BCUT2D eigenvalue weighted by Crippen LogP contribution is -2.54. The van der Waals surface area contributed by atoms with Crippen molar-refractivity contribution in [3.05, 3.63) is 11.3 Å². The summed E-state index contributed by atoms with van der Waals surface area (Å²) in [5.74, 6) is 1.76. The van der Waals surface area contributed by atoms with E-state index < -0.39 is 11.5 Å². The fourth-order valence-electron chi connectivity index (χ4n) is 4.34. The molecule has 7 heteroatoms. The second-order valence-electron chi connectivity index (χ2n) is 8.09. The van der Waals surface area contributed by atoms with Gasteiger partial charge in [-0.05, 0) is 46.0 Å². The van der Waals surface area contributed by atoms with E-state index in [4.69, 9.17) is 14.7 Å². The average Bonchev–Trinajstić information content (AvgIpc) is 3.20. The maximum Gasteiger partial charge on any atom is 0.227 e. The molecule has 27 heavy (non-hydrogen) atoms. The summed E-state index contributed by atoms with van der Waals surface area (Å²) < 4.78 is 5.17. The van der Waals surface area contributed by atoms with Gasteiger partial charge in [0, 0.05) is 56.6 Å². The Bertz CT molecular complexity index is 636. The third kappa shape index (κ3) is 4.20. The molecule has 7 nitrogen and oxygen atoms in total. The van der Waals surface area contributed by atoms with Crippen molar-refractivity contribution in [3.8, 4) is 0 Å². The lowest BCUT2D eigenvalue weighted by Gasteiger charge is -2.46. The molecule has 0 aliphatic carbocycles. The molecule has 0 amide bonds. The molecule has 2 aliphatic heterocycles. The molecule has 2 N–H and O–H groups in total. The predicted octanol–water partition coefficient (Wildman–Crippen LogP) is 1.67. The maximum atomic E-state index is 10.7. The van der Waals surface area contributed by atoms with Gasteiger partial charge < -0.3 is 24.7 Å². The summed E-state index contributed by atoms with van der Waals surface area (Å²) in [6, 6.07) is 0. The molecule has 1 aromatic rings. The number of nitrogens with zero attached hydrogens (tertiary/aromatic N) is 4. The number of rotatable bonds is 7. The van der Waals surface area contributed by atoms with Crippen LogP contribution in [0.2, 0.25) is 0 Å². The molecule has 0 radical (unpaired) electrons. The lowest BCUT2D eigenvalue weighted by molar-refractivity contribution is -0.0388. The van der Waals surface area contributed by atoms with Gasteiger partial charge >= 0.3 is 0 Å². The highest BCUT2D eigenvalue weighted by Gasteiger charge is 2.42. The minimum absolute atomic E-state index is 0.0313. The van der Waals surface area contributed by atoms with Crippen LogP contribution in [-0.4, -0.2) is 72.8 Å². The number of piperidine rings is 1. The van der Waals surface area contributed by atoms with Crippen LogP contribution in [0.1, 0.15) is 43.4 Å². The number of anilines is 2. The fraction of sp³-hybridized carbons (Fsp3) is 0.800. The third-order valence-corrected chi connectivity index (χ3v) is 6.26. The predicted molar refractivity (Wildman–Crippen MR) is 106 cm³/mol. The molecular weight excluding hydrogens is 344 g/mol. The van der Waals surface area contributed by atoms with Gasteiger partial charge in [0.15, 0.2) is 0 Å². The molecule has 152 valence electrons. The van der Waals surface area contributed by atoms with Crippen LogP contribution < -0.4 is 9.80 Å². The second-order valence-corrected chi connectivity index (χ2v) is 8.09. The molecule has 2 fully saturated rings. The zero-order valence-electron chi connectivity index (χ0n) is 16.9. The molecule has 2 aliphatic rings. The Morgan fingerprint density at radius 1 is 1.15 bits per heavy atom. The van der Waals surface area contributed by atoms with E-state index in [0.717, 1.165) is 55.5 Å². The number of hydrogen-bond donors (Lipinski definition) is 2. The fourth-order valence-corrected chi connectivity index (χ4v) is 4.34. The molecule has 0 bridgehead atoms. The van der Waals surface area contributed by atoms with Crippen molar-refractivity contribution < 1.29 is 14.9 Å². The third-order valence-electron chi connectivity index (χ3n) is 6.26. The molecule has 2 atom stereocenters. The zero-order valence-corrected chi connectivity index (χ0v) is 16.9. The second kappa shape index (κ2) is 8.71. The van der Waals surface area contributed by atoms with Gasteiger partial charge in [0.1, 0.15) is 5.82 Å². The summed E-state index contributed by atoms with van der Waals surface area (Å²) in [5, 5.41) is 20.8. The quantitative estimate of drug-likeness (QED) is 0.699. The lowest BCUT2D eigenvalue weighted by atomic mass is 9.74. The topological polar surface area (TPSA) is 82.0 Å². The number of methoxy groups -OCH3 is 1. The van der Waals surface area contributed by atoms with E-state index in [2.05, 4.69) is 16.7 Å². The Hall–Kier alpha value is -1.44. The first kappa shape index (κ1) is 20.3. The molecule has 0 unspecified atom stereocenters. The van der Waals surface area contributed by atoms with Crippen LogP contribution >= 0.6 is 0 Å². The Balaban J connectivity index is 1.86. The van der Waals surface area contributed by atoms with Crippen LogP contribution in [0.4, 0.5) is 11.8 Å². The summed E-state index contributed by atoms with van der Waals surface area (Å²) in [4.78, 5) is 14.1. The monoisotopic (exact) mass is 378 g/mol. The first-order valence-electron chi connectivity index (χ1n) is 10.1. The van der Waals surface area contributed by atoms with E-state index in [1.165, 1.54) is 12.8 Å². The van der Waals surface area contributed by atoms with Crippen molar-refractivity contribution in [2.75, 3.05) is 56.3 Å². The number of aliphatic hydroxyl groups excluding tert-OH is 2. The maximum absolute atomic E-state index is 10.7. The van der Waals surface area contributed by atoms with Crippen LogP contribution in [0.25, 0.3) is 0 Å². The summed E-state index contributed by atoms with van der Waals surface area (Å²) in [5.41, 5.74) is 1.55. The van der Waals surface area contributed by atoms with E-state index >= 15 is 0 Å². The van der Waals surface area contributed by atoms with E-state index in [1.54, 1.807) is 7.11 Å². The van der Waals surface area contributed by atoms with Gasteiger partial charge in [0.2, 0.25) is 5.95 Å². The number of aromatic nitrogens is 2. The summed E-state index contributed by atoms with van der Waals surface area (Å²) in [6.07, 6.45) is 4.06. The first-order valence-corrected chi connectivity index (χ1v) is 10.1. The number of aliphatic hydroxyl groups is 2. The highest BCUT2D eigenvalue weighted by Crippen LogP contribution is 2.37. The van der Waals surface area contributed by atoms with Crippen LogP contribution in [0.5, 0.6) is 0 Å². The van der Waals surface area contributed by atoms with Crippen LogP contribution in [-0.2, 0) is 4.74 Å². The van der Waals surface area contributed by atoms with Crippen molar-refractivity contribution in [1.82, 2.24) is 9.97 Å².